The van der Waals surface area contributed by atoms with Crippen LogP contribution in [0.5, 0.6) is 0 Å². The monoisotopic (exact) mass is 484 g/mol. The van der Waals surface area contributed by atoms with Gasteiger partial charge in [0.05, 0.1) is 0 Å². The van der Waals surface area contributed by atoms with Crippen molar-refractivity contribution in [3.63, 3.8) is 0 Å². The topological polar surface area (TPSA) is 38.7 Å². The maximum atomic E-state index is 8.19. The molecule has 1 N–H and O–H groups in total. The number of aliphatic hydroxyl groups is 1. The highest BCUT2D eigenvalue weighted by Gasteiger charge is 2.12. The van der Waals surface area contributed by atoms with Crippen LogP contribution in [0.1, 0.15) is 44.9 Å². The summed E-state index contributed by atoms with van der Waals surface area (Å²) in [6.45, 7) is 2.10. The third-order valence-corrected chi connectivity index (χ3v) is 4.04. The van der Waals surface area contributed by atoms with Crippen LogP contribution >= 0.6 is 45.2 Å². The molecule has 0 saturated carbocycles. The van der Waals surface area contributed by atoms with Crippen LogP contribution in [0.3, 0.4) is 0 Å². The molecule has 0 aliphatic carbocycles. The first-order valence-electron chi connectivity index (χ1n) is 6.81. The molecule has 1 rings (SSSR count). The van der Waals surface area contributed by atoms with Gasteiger partial charge in [-0.15, -0.1) is 0 Å². The summed E-state index contributed by atoms with van der Waals surface area (Å²) in [6.07, 6.45) is 8.19. The summed E-state index contributed by atoms with van der Waals surface area (Å²) in [5.74, 6) is 0. The number of rotatable bonds is 8. The van der Waals surface area contributed by atoms with Gasteiger partial charge in [-0.05, 0) is 53.8 Å². The smallest absolute Gasteiger partial charge is 0.157 e. The van der Waals surface area contributed by atoms with E-state index in [4.69, 9.17) is 14.6 Å². The van der Waals surface area contributed by atoms with E-state index in [1.165, 1.54) is 34.5 Å². The van der Waals surface area contributed by atoms with Gasteiger partial charge in [0, 0.05) is 19.8 Å². The molecule has 1 atom stereocenters. The van der Waals surface area contributed by atoms with Gasteiger partial charge in [-0.25, -0.2) is 0 Å². The van der Waals surface area contributed by atoms with Crippen LogP contribution in [0.15, 0.2) is 0 Å². The van der Waals surface area contributed by atoms with Gasteiger partial charge in [-0.3, -0.25) is 0 Å². The van der Waals surface area contributed by atoms with E-state index in [9.17, 15) is 0 Å². The molecule has 1 fully saturated rings. The Morgan fingerprint density at radius 2 is 1.78 bits per heavy atom. The number of alkyl halides is 2. The maximum Gasteiger partial charge on any atom is 0.157 e. The van der Waals surface area contributed by atoms with Gasteiger partial charge >= 0.3 is 0 Å². The first-order chi connectivity index (χ1) is 8.85. The van der Waals surface area contributed by atoms with Crippen molar-refractivity contribution in [3.8, 4) is 0 Å². The largest absolute Gasteiger partial charge is 0.396 e. The van der Waals surface area contributed by atoms with Crippen LogP contribution in [0.2, 0.25) is 0 Å². The van der Waals surface area contributed by atoms with Crippen LogP contribution in [0, 0.1) is 0 Å². The van der Waals surface area contributed by atoms with Gasteiger partial charge in [-0.2, -0.15) is 0 Å². The molecular formula is C13H26I2O3. The van der Waals surface area contributed by atoms with Crippen LogP contribution in [-0.4, -0.2) is 40.1 Å². The van der Waals surface area contributed by atoms with E-state index in [2.05, 4.69) is 45.2 Å². The Balaban J connectivity index is 0.000000411. The minimum atomic E-state index is 0.105. The summed E-state index contributed by atoms with van der Waals surface area (Å²) in [4.78, 5) is 0. The van der Waals surface area contributed by atoms with E-state index in [0.29, 0.717) is 6.61 Å². The molecule has 3 nitrogen and oxygen atoms in total. The second-order valence-electron chi connectivity index (χ2n) is 4.18. The predicted octanol–water partition coefficient (Wildman–Crippen LogP) is 3.94. The lowest BCUT2D eigenvalue weighted by Crippen LogP contribution is -2.22. The van der Waals surface area contributed by atoms with Crippen molar-refractivity contribution in [1.82, 2.24) is 0 Å². The summed E-state index contributed by atoms with van der Waals surface area (Å²) >= 11 is 4.69. The van der Waals surface area contributed by atoms with Crippen LogP contribution in [-0.2, 0) is 9.47 Å². The predicted molar refractivity (Wildman–Crippen MR) is 92.9 cm³/mol. The van der Waals surface area contributed by atoms with Gasteiger partial charge < -0.3 is 14.6 Å². The highest BCUT2D eigenvalue weighted by Crippen LogP contribution is 2.13. The summed E-state index contributed by atoms with van der Waals surface area (Å²) in [5, 5.41) is 8.19. The van der Waals surface area contributed by atoms with Crippen molar-refractivity contribution in [1.29, 1.82) is 0 Å². The Kier molecular flexibility index (Phi) is 17.6. The minimum absolute atomic E-state index is 0.105. The SMILES string of the molecule is ICCCCOC1CCCCO1.OCCCCI. The Hall–Kier alpha value is 1.34. The first kappa shape index (κ1) is 19.3. The van der Waals surface area contributed by atoms with Gasteiger partial charge in [0.15, 0.2) is 6.29 Å². The first-order valence-corrected chi connectivity index (χ1v) is 9.86. The van der Waals surface area contributed by atoms with E-state index in [1.54, 1.807) is 0 Å². The molecular weight excluding hydrogens is 458 g/mol. The van der Waals surface area contributed by atoms with E-state index >= 15 is 0 Å². The highest BCUT2D eigenvalue weighted by atomic mass is 127. The molecule has 1 aliphatic rings. The summed E-state index contributed by atoms with van der Waals surface area (Å²) in [6, 6.07) is 0. The number of hydrogen-bond donors (Lipinski definition) is 1. The van der Waals surface area contributed by atoms with E-state index in [0.717, 1.165) is 32.5 Å². The van der Waals surface area contributed by atoms with Crippen molar-refractivity contribution in [2.75, 3.05) is 28.7 Å². The van der Waals surface area contributed by atoms with Crippen molar-refractivity contribution in [2.45, 2.75) is 51.2 Å². The minimum Gasteiger partial charge on any atom is -0.396 e. The van der Waals surface area contributed by atoms with Gasteiger partial charge in [0.2, 0.25) is 0 Å². The molecule has 5 heteroatoms. The number of hydrogen-bond acceptors (Lipinski definition) is 3. The second-order valence-corrected chi connectivity index (χ2v) is 6.34. The second kappa shape index (κ2) is 16.4. The molecule has 0 bridgehead atoms. The summed E-state index contributed by atoms with van der Waals surface area (Å²) in [7, 11) is 0. The maximum absolute atomic E-state index is 8.19. The molecule has 18 heavy (non-hydrogen) atoms. The zero-order valence-electron chi connectivity index (χ0n) is 11.1. The molecule has 1 heterocycles. The average molecular weight is 484 g/mol. The van der Waals surface area contributed by atoms with Crippen LogP contribution < -0.4 is 0 Å². The number of ether oxygens (including phenoxy) is 2. The standard InChI is InChI=1S/C9H17IO2.C4H9IO/c10-6-2-4-8-12-9-5-1-3-7-11-9;5-3-1-2-4-6/h9H,1-8H2;6H,1-4H2. The molecule has 0 radical (unpaired) electrons. The lowest BCUT2D eigenvalue weighted by atomic mass is 10.2. The Bertz CT molecular complexity index is 149. The third-order valence-electron chi connectivity index (χ3n) is 2.51. The number of aliphatic hydroxyl groups excluding tert-OH is 1. The Labute approximate surface area is 139 Å². The summed E-state index contributed by atoms with van der Waals surface area (Å²) < 4.78 is 13.4. The van der Waals surface area contributed by atoms with E-state index < -0.39 is 0 Å². The fourth-order valence-electron chi connectivity index (χ4n) is 1.46. The lowest BCUT2D eigenvalue weighted by Gasteiger charge is -2.22. The normalized spacial score (nSPS) is 19.2. The van der Waals surface area contributed by atoms with Crippen molar-refractivity contribution < 1.29 is 14.6 Å². The van der Waals surface area contributed by atoms with Crippen molar-refractivity contribution >= 4 is 45.2 Å². The summed E-state index contributed by atoms with van der Waals surface area (Å²) in [5.41, 5.74) is 0. The molecule has 0 aromatic heterocycles. The van der Waals surface area contributed by atoms with Gasteiger partial charge in [0.25, 0.3) is 0 Å². The van der Waals surface area contributed by atoms with Gasteiger partial charge in [0.1, 0.15) is 0 Å². The van der Waals surface area contributed by atoms with Crippen LogP contribution in [0.4, 0.5) is 0 Å². The fourth-order valence-corrected chi connectivity index (χ4v) is 2.54. The highest BCUT2D eigenvalue weighted by molar-refractivity contribution is 14.1. The molecule has 1 aliphatic heterocycles. The number of halogens is 2. The zero-order chi connectivity index (χ0) is 13.5. The van der Waals surface area contributed by atoms with Crippen molar-refractivity contribution in [2.24, 2.45) is 0 Å². The molecule has 1 saturated heterocycles. The molecule has 110 valence electrons. The average Bonchev–Trinajstić information content (AvgIpc) is 2.43. The molecule has 0 aromatic carbocycles. The molecule has 1 unspecified atom stereocenters. The fraction of sp³-hybridized carbons (Fsp3) is 1.00. The zero-order valence-corrected chi connectivity index (χ0v) is 15.4. The molecule has 0 aromatic rings. The van der Waals surface area contributed by atoms with Crippen molar-refractivity contribution in [3.05, 3.63) is 0 Å². The lowest BCUT2D eigenvalue weighted by molar-refractivity contribution is -0.162. The molecule has 0 spiro atoms. The van der Waals surface area contributed by atoms with E-state index in [1.807, 2.05) is 0 Å². The Morgan fingerprint density at radius 3 is 2.28 bits per heavy atom. The number of unbranched alkanes of at least 4 members (excludes halogenated alkanes) is 2. The molecule has 0 amide bonds. The van der Waals surface area contributed by atoms with Gasteiger partial charge in [-0.1, -0.05) is 45.2 Å². The Morgan fingerprint density at radius 1 is 1.06 bits per heavy atom. The van der Waals surface area contributed by atoms with E-state index in [-0.39, 0.29) is 6.29 Å². The third kappa shape index (κ3) is 13.8. The van der Waals surface area contributed by atoms with Crippen LogP contribution in [0.25, 0.3) is 0 Å². The quantitative estimate of drug-likeness (QED) is 0.323.